The van der Waals surface area contributed by atoms with E-state index in [1.807, 2.05) is 31.2 Å². The smallest absolute Gasteiger partial charge is 0.233 e. The number of methoxy groups -OCH3 is 1. The van der Waals surface area contributed by atoms with Gasteiger partial charge in [-0.15, -0.1) is 5.10 Å². The van der Waals surface area contributed by atoms with Crippen LogP contribution in [0.3, 0.4) is 0 Å². The Hall–Kier alpha value is -2.09. The lowest BCUT2D eigenvalue weighted by Gasteiger charge is -2.29. The lowest BCUT2D eigenvalue weighted by Crippen LogP contribution is -2.43. The van der Waals surface area contributed by atoms with E-state index in [1.165, 1.54) is 37.4 Å². The van der Waals surface area contributed by atoms with Crippen molar-refractivity contribution in [1.82, 2.24) is 25.5 Å². The molecule has 2 bridgehead atoms. The number of nitrogens with zero attached hydrogens (tertiary/aromatic N) is 4. The normalized spacial score (nSPS) is 25.5. The van der Waals surface area contributed by atoms with Gasteiger partial charge in [-0.05, 0) is 73.4 Å². The predicted molar refractivity (Wildman–Crippen MR) is 108 cm³/mol. The molecule has 2 fully saturated rings. The van der Waals surface area contributed by atoms with Gasteiger partial charge in [0.15, 0.2) is 0 Å². The number of hydrogen-bond donors (Lipinski definition) is 1. The SMILES string of the molecule is COc1ccccc1-n1nnnc1SC(C)C(=O)NC(C)C1CC2CCC1C2. The van der Waals surface area contributed by atoms with E-state index in [2.05, 4.69) is 27.8 Å². The summed E-state index contributed by atoms with van der Waals surface area (Å²) in [6.07, 6.45) is 5.32. The number of benzene rings is 1. The van der Waals surface area contributed by atoms with Crippen LogP contribution >= 0.6 is 11.8 Å². The number of thioether (sulfide) groups is 1. The highest BCUT2D eigenvalue weighted by molar-refractivity contribution is 8.00. The zero-order valence-corrected chi connectivity index (χ0v) is 17.4. The highest BCUT2D eigenvalue weighted by Gasteiger charge is 2.42. The average Bonchev–Trinajstić information content (AvgIpc) is 3.44. The van der Waals surface area contributed by atoms with Gasteiger partial charge in [0.1, 0.15) is 11.4 Å². The molecule has 0 radical (unpaired) electrons. The van der Waals surface area contributed by atoms with Crippen molar-refractivity contribution in [2.45, 2.75) is 56.0 Å². The number of rotatable bonds is 7. The minimum absolute atomic E-state index is 0.0369. The maximum atomic E-state index is 12.8. The van der Waals surface area contributed by atoms with Crippen molar-refractivity contribution in [3.63, 3.8) is 0 Å². The standard InChI is InChI=1S/C20H27N5O2S/c1-12(16-11-14-8-9-15(16)10-14)21-19(26)13(2)28-20-22-23-24-25(20)17-6-4-5-7-18(17)27-3/h4-7,12-16H,8-11H2,1-3H3,(H,21,26). The van der Waals surface area contributed by atoms with E-state index in [-0.39, 0.29) is 17.2 Å². The van der Waals surface area contributed by atoms with Crippen molar-refractivity contribution >= 4 is 17.7 Å². The highest BCUT2D eigenvalue weighted by Crippen LogP contribution is 2.49. The van der Waals surface area contributed by atoms with E-state index in [4.69, 9.17) is 4.74 Å². The summed E-state index contributed by atoms with van der Waals surface area (Å²) in [5, 5.41) is 15.5. The average molecular weight is 402 g/mol. The Bertz CT molecular complexity index is 842. The lowest BCUT2D eigenvalue weighted by atomic mass is 9.84. The second-order valence-corrected chi connectivity index (χ2v) is 9.25. The molecule has 0 aliphatic heterocycles. The summed E-state index contributed by atoms with van der Waals surface area (Å²) in [6, 6.07) is 7.77. The molecule has 5 unspecified atom stereocenters. The summed E-state index contributed by atoms with van der Waals surface area (Å²) >= 11 is 1.36. The zero-order chi connectivity index (χ0) is 19.7. The molecule has 1 heterocycles. The molecule has 0 spiro atoms. The largest absolute Gasteiger partial charge is 0.494 e. The Morgan fingerprint density at radius 1 is 1.29 bits per heavy atom. The van der Waals surface area contributed by atoms with E-state index in [1.54, 1.807) is 11.8 Å². The molecule has 7 nitrogen and oxygen atoms in total. The van der Waals surface area contributed by atoms with Crippen LogP contribution in [0.15, 0.2) is 29.4 Å². The van der Waals surface area contributed by atoms with Crippen molar-refractivity contribution in [2.75, 3.05) is 7.11 Å². The van der Waals surface area contributed by atoms with Crippen LogP contribution in [0.4, 0.5) is 0 Å². The Balaban J connectivity index is 1.41. The summed E-state index contributed by atoms with van der Waals surface area (Å²) in [7, 11) is 1.61. The van der Waals surface area contributed by atoms with Crippen LogP contribution in [-0.2, 0) is 4.79 Å². The molecule has 4 rings (SSSR count). The summed E-state index contributed by atoms with van der Waals surface area (Å²) < 4.78 is 7.02. The maximum Gasteiger partial charge on any atom is 0.233 e. The topological polar surface area (TPSA) is 81.9 Å². The summed E-state index contributed by atoms with van der Waals surface area (Å²) in [6.45, 7) is 4.05. The van der Waals surface area contributed by atoms with Crippen LogP contribution in [0.1, 0.15) is 39.5 Å². The fourth-order valence-electron chi connectivity index (χ4n) is 4.78. The molecule has 2 aromatic rings. The van der Waals surface area contributed by atoms with Crippen molar-refractivity contribution in [2.24, 2.45) is 17.8 Å². The Morgan fingerprint density at radius 3 is 2.82 bits per heavy atom. The second-order valence-electron chi connectivity index (χ2n) is 7.94. The number of fused-ring (bicyclic) bond motifs is 2. The Kier molecular flexibility index (Phi) is 5.57. The summed E-state index contributed by atoms with van der Waals surface area (Å²) in [4.78, 5) is 12.8. The van der Waals surface area contributed by atoms with Gasteiger partial charge in [0, 0.05) is 6.04 Å². The van der Waals surface area contributed by atoms with Gasteiger partial charge >= 0.3 is 0 Å². The molecule has 8 heteroatoms. The minimum Gasteiger partial charge on any atom is -0.494 e. The first-order valence-corrected chi connectivity index (χ1v) is 10.8. The summed E-state index contributed by atoms with van der Waals surface area (Å²) in [5.41, 5.74) is 0.750. The quantitative estimate of drug-likeness (QED) is 0.718. The lowest BCUT2D eigenvalue weighted by molar-refractivity contribution is -0.121. The number of carbonyl (C=O) groups is 1. The fourth-order valence-corrected chi connectivity index (χ4v) is 5.58. The van der Waals surface area contributed by atoms with E-state index in [0.717, 1.165) is 17.5 Å². The Labute approximate surface area is 169 Å². The molecular weight excluding hydrogens is 374 g/mol. The predicted octanol–water partition coefficient (Wildman–Crippen LogP) is 3.09. The van der Waals surface area contributed by atoms with Crippen molar-refractivity contribution < 1.29 is 9.53 Å². The van der Waals surface area contributed by atoms with Gasteiger partial charge in [0.2, 0.25) is 11.1 Å². The zero-order valence-electron chi connectivity index (χ0n) is 16.5. The van der Waals surface area contributed by atoms with Gasteiger partial charge in [-0.1, -0.05) is 30.3 Å². The van der Waals surface area contributed by atoms with Crippen molar-refractivity contribution in [3.05, 3.63) is 24.3 Å². The monoisotopic (exact) mass is 401 g/mol. The first kappa shape index (κ1) is 19.2. The minimum atomic E-state index is -0.291. The van der Waals surface area contributed by atoms with Crippen LogP contribution in [0.5, 0.6) is 5.75 Å². The fraction of sp³-hybridized carbons (Fsp3) is 0.600. The van der Waals surface area contributed by atoms with Gasteiger partial charge in [0.25, 0.3) is 0 Å². The van der Waals surface area contributed by atoms with Crippen LogP contribution in [0, 0.1) is 17.8 Å². The second kappa shape index (κ2) is 8.11. The molecule has 1 amide bonds. The number of nitrogens with one attached hydrogen (secondary N) is 1. The molecule has 1 aromatic heterocycles. The number of ether oxygens (including phenoxy) is 1. The number of carbonyl (C=O) groups excluding carboxylic acids is 1. The van der Waals surface area contributed by atoms with Crippen molar-refractivity contribution in [3.8, 4) is 11.4 Å². The van der Waals surface area contributed by atoms with Gasteiger partial charge in [-0.25, -0.2) is 0 Å². The van der Waals surface area contributed by atoms with Gasteiger partial charge in [-0.3, -0.25) is 4.79 Å². The van der Waals surface area contributed by atoms with Gasteiger partial charge in [0.05, 0.1) is 12.4 Å². The molecule has 5 atom stereocenters. The van der Waals surface area contributed by atoms with Crippen LogP contribution in [0.2, 0.25) is 0 Å². The number of hydrogen-bond acceptors (Lipinski definition) is 6. The molecule has 1 N–H and O–H groups in total. The molecule has 0 saturated heterocycles. The first-order valence-electron chi connectivity index (χ1n) is 9.95. The van der Waals surface area contributed by atoms with Gasteiger partial charge < -0.3 is 10.1 Å². The highest BCUT2D eigenvalue weighted by atomic mass is 32.2. The number of tetrazole rings is 1. The van der Waals surface area contributed by atoms with E-state index in [0.29, 0.717) is 16.8 Å². The van der Waals surface area contributed by atoms with Crippen LogP contribution in [-0.4, -0.2) is 44.5 Å². The van der Waals surface area contributed by atoms with E-state index in [9.17, 15) is 4.79 Å². The Morgan fingerprint density at radius 2 is 2.11 bits per heavy atom. The van der Waals surface area contributed by atoms with E-state index < -0.39 is 0 Å². The third-order valence-electron chi connectivity index (χ3n) is 6.21. The first-order chi connectivity index (χ1) is 13.6. The molecule has 2 saturated carbocycles. The third kappa shape index (κ3) is 3.74. The van der Waals surface area contributed by atoms with Crippen LogP contribution in [0.25, 0.3) is 5.69 Å². The molecule has 2 aliphatic rings. The van der Waals surface area contributed by atoms with Crippen molar-refractivity contribution in [1.29, 1.82) is 0 Å². The molecule has 1 aromatic carbocycles. The maximum absolute atomic E-state index is 12.8. The third-order valence-corrected chi connectivity index (χ3v) is 7.24. The molecule has 150 valence electrons. The molecule has 28 heavy (non-hydrogen) atoms. The van der Waals surface area contributed by atoms with Gasteiger partial charge in [-0.2, -0.15) is 4.68 Å². The summed E-state index contributed by atoms with van der Waals surface area (Å²) in [5.74, 6) is 3.01. The number of amides is 1. The molecular formula is C20H27N5O2S. The van der Waals surface area contributed by atoms with E-state index >= 15 is 0 Å². The number of aromatic nitrogens is 4. The van der Waals surface area contributed by atoms with Crippen LogP contribution < -0.4 is 10.1 Å². The number of para-hydroxylation sites is 2. The molecule has 2 aliphatic carbocycles.